The van der Waals surface area contributed by atoms with E-state index >= 15 is 0 Å². The van der Waals surface area contributed by atoms with E-state index in [0.717, 1.165) is 5.66 Å². The van der Waals surface area contributed by atoms with Crippen LogP contribution in [0.3, 0.4) is 0 Å². The van der Waals surface area contributed by atoms with Crippen LogP contribution in [-0.4, -0.2) is 12.3 Å². The van der Waals surface area contributed by atoms with E-state index in [1.165, 1.54) is 18.1 Å². The Labute approximate surface area is 79.0 Å². The molecule has 0 heterocycles. The SMILES string of the molecule is C[P@](=S)(c1ccccc1)C1CC1. The van der Waals surface area contributed by atoms with Crippen LogP contribution in [0.1, 0.15) is 12.8 Å². The van der Waals surface area contributed by atoms with Crippen molar-refractivity contribution in [1.82, 2.24) is 0 Å². The largest absolute Gasteiger partial charge is 0.0926 e. The third-order valence-corrected chi connectivity index (χ3v) is 7.27. The van der Waals surface area contributed by atoms with Gasteiger partial charge in [-0.2, -0.15) is 0 Å². The third kappa shape index (κ3) is 1.48. The normalized spacial score (nSPS) is 21.8. The molecule has 1 aromatic carbocycles. The predicted octanol–water partition coefficient (Wildman–Crippen LogP) is 2.58. The Morgan fingerprint density at radius 1 is 1.25 bits per heavy atom. The van der Waals surface area contributed by atoms with E-state index in [1.54, 1.807) is 0 Å². The summed E-state index contributed by atoms with van der Waals surface area (Å²) < 4.78 is 0. The fourth-order valence-corrected chi connectivity index (χ4v) is 4.82. The Balaban J connectivity index is 2.35. The summed E-state index contributed by atoms with van der Waals surface area (Å²) >= 11 is 5.71. The van der Waals surface area contributed by atoms with Gasteiger partial charge in [0.25, 0.3) is 0 Å². The Kier molecular flexibility index (Phi) is 2.10. The van der Waals surface area contributed by atoms with Gasteiger partial charge in [-0.25, -0.2) is 0 Å². The fourth-order valence-electron chi connectivity index (χ4n) is 1.50. The van der Waals surface area contributed by atoms with Crippen molar-refractivity contribution in [2.45, 2.75) is 18.5 Å². The molecule has 0 aromatic heterocycles. The van der Waals surface area contributed by atoms with Gasteiger partial charge in [0, 0.05) is 0 Å². The molecule has 0 bridgehead atoms. The smallest absolute Gasteiger partial charge is 0.00827 e. The first-order chi connectivity index (χ1) is 5.71. The van der Waals surface area contributed by atoms with Crippen molar-refractivity contribution >= 4 is 23.1 Å². The lowest BCUT2D eigenvalue weighted by Gasteiger charge is -2.15. The monoisotopic (exact) mass is 196 g/mol. The highest BCUT2D eigenvalue weighted by atomic mass is 32.4. The predicted molar refractivity (Wildman–Crippen MR) is 59.3 cm³/mol. The molecule has 2 rings (SSSR count). The molecule has 1 aromatic rings. The molecule has 0 radical (unpaired) electrons. The summed E-state index contributed by atoms with van der Waals surface area (Å²) in [5.41, 5.74) is 0.856. The molecule has 0 unspecified atom stereocenters. The summed E-state index contributed by atoms with van der Waals surface area (Å²) in [5, 5.41) is 1.42. The first-order valence-corrected chi connectivity index (χ1v) is 7.66. The minimum Gasteiger partial charge on any atom is -0.0926 e. The second-order valence-corrected chi connectivity index (χ2v) is 9.06. The van der Waals surface area contributed by atoms with E-state index in [1.807, 2.05) is 0 Å². The van der Waals surface area contributed by atoms with Gasteiger partial charge >= 0.3 is 0 Å². The molecular weight excluding hydrogens is 183 g/mol. The summed E-state index contributed by atoms with van der Waals surface area (Å²) in [6.07, 6.45) is 2.73. The highest BCUT2D eigenvalue weighted by Gasteiger charge is 2.34. The Morgan fingerprint density at radius 3 is 2.33 bits per heavy atom. The standard InChI is InChI=1S/C10H13PS/c1-11(12,10-7-8-10)9-5-3-2-4-6-9/h2-6,10H,7-8H2,1H3/t11-/m0/s1. The Morgan fingerprint density at radius 2 is 1.83 bits per heavy atom. The second kappa shape index (κ2) is 2.97. The Bertz CT molecular complexity index is 314. The maximum Gasteiger partial charge on any atom is -0.00827 e. The van der Waals surface area contributed by atoms with Crippen LogP contribution >= 0.6 is 6.04 Å². The zero-order chi connectivity index (χ0) is 8.60. The van der Waals surface area contributed by atoms with Gasteiger partial charge in [0.1, 0.15) is 0 Å². The maximum atomic E-state index is 5.71. The molecule has 1 atom stereocenters. The molecule has 12 heavy (non-hydrogen) atoms. The van der Waals surface area contributed by atoms with Gasteiger partial charge in [0.15, 0.2) is 0 Å². The van der Waals surface area contributed by atoms with E-state index in [0.29, 0.717) is 0 Å². The van der Waals surface area contributed by atoms with Crippen LogP contribution in [0.2, 0.25) is 0 Å². The molecule has 2 heteroatoms. The molecular formula is C10H13PS. The summed E-state index contributed by atoms with van der Waals surface area (Å²) in [7, 11) is 0. The average molecular weight is 196 g/mol. The summed E-state index contributed by atoms with van der Waals surface area (Å²) in [4.78, 5) is 0. The van der Waals surface area contributed by atoms with Crippen molar-refractivity contribution in [3.63, 3.8) is 0 Å². The molecule has 0 spiro atoms. The zero-order valence-electron chi connectivity index (χ0n) is 7.23. The van der Waals surface area contributed by atoms with Crippen LogP contribution in [0, 0.1) is 0 Å². The summed E-state index contributed by atoms with van der Waals surface area (Å²) in [5.74, 6) is 0. The molecule has 64 valence electrons. The molecule has 0 nitrogen and oxygen atoms in total. The quantitative estimate of drug-likeness (QED) is 0.655. The number of hydrogen-bond acceptors (Lipinski definition) is 1. The highest BCUT2D eigenvalue weighted by Crippen LogP contribution is 2.57. The van der Waals surface area contributed by atoms with Crippen LogP contribution in [-0.2, 0) is 11.8 Å². The van der Waals surface area contributed by atoms with Crippen molar-refractivity contribution in [2.24, 2.45) is 0 Å². The van der Waals surface area contributed by atoms with E-state index in [2.05, 4.69) is 37.0 Å². The molecule has 0 aliphatic heterocycles. The van der Waals surface area contributed by atoms with Crippen molar-refractivity contribution in [1.29, 1.82) is 0 Å². The fraction of sp³-hybridized carbons (Fsp3) is 0.400. The molecule has 0 amide bonds. The summed E-state index contributed by atoms with van der Waals surface area (Å²) in [6, 6.07) is 9.47. The second-order valence-electron chi connectivity index (χ2n) is 3.56. The van der Waals surface area contributed by atoms with Crippen molar-refractivity contribution in [3.8, 4) is 0 Å². The lowest BCUT2D eigenvalue weighted by atomic mass is 10.4. The van der Waals surface area contributed by atoms with Crippen LogP contribution < -0.4 is 5.30 Å². The molecule has 0 N–H and O–H groups in total. The van der Waals surface area contributed by atoms with E-state index in [9.17, 15) is 0 Å². The zero-order valence-corrected chi connectivity index (χ0v) is 8.94. The van der Waals surface area contributed by atoms with Gasteiger partial charge in [0.05, 0.1) is 0 Å². The van der Waals surface area contributed by atoms with E-state index < -0.39 is 6.04 Å². The van der Waals surface area contributed by atoms with Gasteiger partial charge in [-0.15, -0.1) is 0 Å². The van der Waals surface area contributed by atoms with Crippen LogP contribution in [0.25, 0.3) is 0 Å². The van der Waals surface area contributed by atoms with E-state index in [-0.39, 0.29) is 0 Å². The number of hydrogen-bond donors (Lipinski definition) is 0. The number of benzene rings is 1. The topological polar surface area (TPSA) is 0 Å². The number of rotatable bonds is 2. The minimum absolute atomic E-state index is 0.856. The highest BCUT2D eigenvalue weighted by molar-refractivity contribution is 8.18. The van der Waals surface area contributed by atoms with Gasteiger partial charge in [-0.3, -0.25) is 0 Å². The van der Waals surface area contributed by atoms with Gasteiger partial charge < -0.3 is 0 Å². The molecule has 1 saturated carbocycles. The van der Waals surface area contributed by atoms with Gasteiger partial charge in [-0.05, 0) is 36.5 Å². The maximum absolute atomic E-state index is 5.71. The van der Waals surface area contributed by atoms with Crippen LogP contribution in [0.5, 0.6) is 0 Å². The van der Waals surface area contributed by atoms with E-state index in [4.69, 9.17) is 11.8 Å². The lowest BCUT2D eigenvalue weighted by Crippen LogP contribution is -2.05. The van der Waals surface area contributed by atoms with Gasteiger partial charge in [-0.1, -0.05) is 42.1 Å². The van der Waals surface area contributed by atoms with Crippen molar-refractivity contribution in [2.75, 3.05) is 6.66 Å². The molecule has 1 fully saturated rings. The Hall–Kier alpha value is -0.130. The lowest BCUT2D eigenvalue weighted by molar-refractivity contribution is 1.48. The minimum atomic E-state index is -1.17. The van der Waals surface area contributed by atoms with Gasteiger partial charge in [0.2, 0.25) is 0 Å². The molecule has 1 aliphatic rings. The molecule has 1 aliphatic carbocycles. The van der Waals surface area contributed by atoms with Crippen molar-refractivity contribution in [3.05, 3.63) is 30.3 Å². The van der Waals surface area contributed by atoms with Crippen molar-refractivity contribution < 1.29 is 0 Å². The third-order valence-electron chi connectivity index (χ3n) is 2.51. The van der Waals surface area contributed by atoms with Crippen LogP contribution in [0.4, 0.5) is 0 Å². The molecule has 0 saturated heterocycles. The first kappa shape index (κ1) is 8.47. The van der Waals surface area contributed by atoms with Crippen LogP contribution in [0.15, 0.2) is 30.3 Å². The first-order valence-electron chi connectivity index (χ1n) is 4.34. The summed E-state index contributed by atoms with van der Waals surface area (Å²) in [6.45, 7) is 2.29. The average Bonchev–Trinajstić information content (AvgIpc) is 2.88.